The van der Waals surface area contributed by atoms with Crippen LogP contribution in [0.25, 0.3) is 32.7 Å². The predicted octanol–water partition coefficient (Wildman–Crippen LogP) is 7.87. The summed E-state index contributed by atoms with van der Waals surface area (Å²) in [5.41, 5.74) is 11.5. The molecule has 0 amide bonds. The molecule has 1 fully saturated rings. The molecule has 6 aromatic carbocycles. The molecule has 0 aliphatic heterocycles. The third-order valence-corrected chi connectivity index (χ3v) is 10.0. The third kappa shape index (κ3) is 1.35. The summed E-state index contributed by atoms with van der Waals surface area (Å²) in [5.74, 6) is 0. The summed E-state index contributed by atoms with van der Waals surface area (Å²) in [6.45, 7) is 0. The van der Waals surface area contributed by atoms with E-state index in [1.54, 1.807) is 0 Å². The van der Waals surface area contributed by atoms with Gasteiger partial charge in [0, 0.05) is 0 Å². The van der Waals surface area contributed by atoms with Gasteiger partial charge in [-0.2, -0.15) is 0 Å². The summed E-state index contributed by atoms with van der Waals surface area (Å²) in [6, 6.07) is 46.6. The van der Waals surface area contributed by atoms with Crippen molar-refractivity contribution >= 4 is 21.5 Å². The van der Waals surface area contributed by atoms with E-state index in [2.05, 4.69) is 121 Å². The van der Waals surface area contributed by atoms with Crippen molar-refractivity contribution in [1.29, 1.82) is 0 Å². The summed E-state index contributed by atoms with van der Waals surface area (Å²) >= 11 is 0. The Hall–Kier alpha value is -4.16. The maximum atomic E-state index is 2.44. The van der Waals surface area contributed by atoms with Crippen LogP contribution in [-0.4, -0.2) is 0 Å². The molecule has 3 spiro atoms. The maximum Gasteiger partial charge on any atom is 0.0515 e. The average molecular weight is 441 g/mol. The van der Waals surface area contributed by atoms with Gasteiger partial charge in [-0.1, -0.05) is 121 Å². The molecule has 0 aromatic heterocycles. The van der Waals surface area contributed by atoms with Crippen LogP contribution in [0.1, 0.15) is 33.4 Å². The highest BCUT2D eigenvalue weighted by molar-refractivity contribution is 6.13. The quantitative estimate of drug-likeness (QED) is 0.225. The van der Waals surface area contributed by atoms with E-state index >= 15 is 0 Å². The van der Waals surface area contributed by atoms with Crippen molar-refractivity contribution < 1.29 is 0 Å². The maximum absolute atomic E-state index is 2.44. The molecule has 4 aliphatic rings. The topological polar surface area (TPSA) is 0 Å². The van der Waals surface area contributed by atoms with Crippen molar-refractivity contribution in [2.75, 3.05) is 0 Å². The molecule has 0 heterocycles. The van der Waals surface area contributed by atoms with Crippen LogP contribution in [0.4, 0.5) is 0 Å². The number of fused-ring (bicyclic) bond motifs is 3. The molecule has 2 unspecified atom stereocenters. The van der Waals surface area contributed by atoms with Crippen molar-refractivity contribution in [2.45, 2.75) is 16.2 Å². The molecular weight excluding hydrogens is 420 g/mol. The minimum Gasteiger partial charge on any atom is -0.0619 e. The average Bonchev–Trinajstić information content (AvgIpc) is 3.28. The third-order valence-electron chi connectivity index (χ3n) is 10.0. The first-order valence-electron chi connectivity index (χ1n) is 12.6. The highest BCUT2D eigenvalue weighted by atomic mass is 14.9. The molecule has 2 atom stereocenters. The van der Waals surface area contributed by atoms with Crippen molar-refractivity contribution in [3.63, 3.8) is 0 Å². The molecular formula is C35H20. The largest absolute Gasteiger partial charge is 0.0619 e. The van der Waals surface area contributed by atoms with Gasteiger partial charge in [0.15, 0.2) is 0 Å². The Morgan fingerprint density at radius 1 is 0.286 bits per heavy atom. The van der Waals surface area contributed by atoms with Gasteiger partial charge in [-0.3, -0.25) is 0 Å². The molecule has 10 rings (SSSR count). The van der Waals surface area contributed by atoms with E-state index in [1.807, 2.05) is 0 Å². The van der Waals surface area contributed by atoms with Gasteiger partial charge >= 0.3 is 0 Å². The fraction of sp³-hybridized carbons (Fsp3) is 0.0857. The van der Waals surface area contributed by atoms with Gasteiger partial charge in [0.2, 0.25) is 0 Å². The fourth-order valence-electron chi connectivity index (χ4n) is 9.44. The number of benzene rings is 6. The standard InChI is InChI=1S/C35H20/c1-3-15-25-23(13-1)24-14-2-4-16-26(24)34-28-18-6-10-22-12-8-20-30(32(22)28)35(34)29-19-7-11-21-9-5-17-27(31(21)29)33(25,34)35/h1-20H. The Morgan fingerprint density at radius 2 is 0.600 bits per heavy atom. The van der Waals surface area contributed by atoms with E-state index in [-0.39, 0.29) is 16.2 Å². The van der Waals surface area contributed by atoms with Crippen LogP contribution < -0.4 is 0 Å². The van der Waals surface area contributed by atoms with Crippen LogP contribution >= 0.6 is 0 Å². The van der Waals surface area contributed by atoms with Gasteiger partial charge in [0.1, 0.15) is 0 Å². The molecule has 0 saturated heterocycles. The zero-order chi connectivity index (χ0) is 22.6. The number of hydrogen-bond acceptors (Lipinski definition) is 0. The normalized spacial score (nSPS) is 27.2. The van der Waals surface area contributed by atoms with Crippen LogP contribution in [0.15, 0.2) is 121 Å². The monoisotopic (exact) mass is 440 g/mol. The lowest BCUT2D eigenvalue weighted by atomic mass is 9.65. The molecule has 0 radical (unpaired) electrons. The highest BCUT2D eigenvalue weighted by Gasteiger charge is 2.95. The lowest BCUT2D eigenvalue weighted by Gasteiger charge is -2.36. The molecule has 4 aliphatic carbocycles. The number of hydrogen-bond donors (Lipinski definition) is 0. The predicted molar refractivity (Wildman–Crippen MR) is 142 cm³/mol. The van der Waals surface area contributed by atoms with Gasteiger partial charge in [0.05, 0.1) is 16.2 Å². The van der Waals surface area contributed by atoms with Crippen molar-refractivity contribution in [2.24, 2.45) is 0 Å². The van der Waals surface area contributed by atoms with Crippen LogP contribution in [0, 0.1) is 0 Å². The Kier molecular flexibility index (Phi) is 2.52. The van der Waals surface area contributed by atoms with Crippen molar-refractivity contribution in [3.8, 4) is 11.1 Å². The van der Waals surface area contributed by atoms with E-state index in [4.69, 9.17) is 0 Å². The van der Waals surface area contributed by atoms with Crippen LogP contribution in [-0.2, 0) is 16.2 Å². The van der Waals surface area contributed by atoms with Crippen molar-refractivity contribution in [1.82, 2.24) is 0 Å². The van der Waals surface area contributed by atoms with Crippen LogP contribution in [0.2, 0.25) is 0 Å². The first-order valence-corrected chi connectivity index (χ1v) is 12.6. The Morgan fingerprint density at radius 3 is 1.00 bits per heavy atom. The second-order valence-electron chi connectivity index (χ2n) is 10.8. The molecule has 0 N–H and O–H groups in total. The van der Waals surface area contributed by atoms with Gasteiger partial charge < -0.3 is 0 Å². The Balaban J connectivity index is 1.56. The molecule has 0 heteroatoms. The zero-order valence-electron chi connectivity index (χ0n) is 19.0. The summed E-state index contributed by atoms with van der Waals surface area (Å²) in [7, 11) is 0. The van der Waals surface area contributed by atoms with Crippen LogP contribution in [0.3, 0.4) is 0 Å². The summed E-state index contributed by atoms with van der Waals surface area (Å²) in [4.78, 5) is 0. The smallest absolute Gasteiger partial charge is 0.0515 e. The van der Waals surface area contributed by atoms with Crippen molar-refractivity contribution in [3.05, 3.63) is 155 Å². The summed E-state index contributed by atoms with van der Waals surface area (Å²) in [5, 5.41) is 5.68. The Labute approximate surface area is 203 Å². The molecule has 0 nitrogen and oxygen atoms in total. The first kappa shape index (κ1) is 17.3. The van der Waals surface area contributed by atoms with Crippen LogP contribution in [0.5, 0.6) is 0 Å². The molecule has 160 valence electrons. The van der Waals surface area contributed by atoms with Gasteiger partial charge in [-0.15, -0.1) is 0 Å². The Bertz CT molecular complexity index is 1820. The molecule has 1 saturated carbocycles. The fourth-order valence-corrected chi connectivity index (χ4v) is 9.44. The van der Waals surface area contributed by atoms with Gasteiger partial charge in [0.25, 0.3) is 0 Å². The van der Waals surface area contributed by atoms with E-state index in [9.17, 15) is 0 Å². The molecule has 35 heavy (non-hydrogen) atoms. The second-order valence-corrected chi connectivity index (χ2v) is 10.8. The molecule has 6 aromatic rings. The second kappa shape index (κ2) is 5.09. The first-order chi connectivity index (χ1) is 17.4. The summed E-state index contributed by atoms with van der Waals surface area (Å²) in [6.07, 6.45) is 0. The SMILES string of the molecule is c1ccc2c(c1)-c1ccccc1C13c4cccc5cccc(c45)C14c1cccc5cccc(c15)C234. The lowest BCUT2D eigenvalue weighted by molar-refractivity contribution is 0.690. The summed E-state index contributed by atoms with van der Waals surface area (Å²) < 4.78 is 0. The number of rotatable bonds is 0. The minimum atomic E-state index is -0.130. The lowest BCUT2D eigenvalue weighted by Crippen LogP contribution is -2.30. The van der Waals surface area contributed by atoms with Gasteiger partial charge in [-0.25, -0.2) is 0 Å². The highest BCUT2D eigenvalue weighted by Crippen LogP contribution is 2.94. The van der Waals surface area contributed by atoms with E-state index in [1.165, 1.54) is 66.1 Å². The zero-order valence-corrected chi connectivity index (χ0v) is 19.0. The van der Waals surface area contributed by atoms with E-state index in [0.29, 0.717) is 0 Å². The molecule has 0 bridgehead atoms. The minimum absolute atomic E-state index is 0.128. The van der Waals surface area contributed by atoms with E-state index in [0.717, 1.165) is 0 Å². The van der Waals surface area contributed by atoms with Gasteiger partial charge in [-0.05, 0) is 66.1 Å². The van der Waals surface area contributed by atoms with E-state index < -0.39 is 0 Å².